The smallest absolute Gasteiger partial charge is 0.403 e. The summed E-state index contributed by atoms with van der Waals surface area (Å²) in [6.45, 7) is 1.55. The minimum atomic E-state index is -4.73. The van der Waals surface area contributed by atoms with Gasteiger partial charge in [-0.3, -0.25) is 4.79 Å². The SMILES string of the molecule is CCc1ccccc1CNCC(C(=O)O)C(F)(F)F. The van der Waals surface area contributed by atoms with Crippen LogP contribution >= 0.6 is 0 Å². The van der Waals surface area contributed by atoms with Gasteiger partial charge in [0.15, 0.2) is 5.92 Å². The number of benzene rings is 1. The summed E-state index contributed by atoms with van der Waals surface area (Å²) < 4.78 is 37.3. The molecule has 1 aromatic rings. The number of alkyl halides is 3. The molecule has 2 N–H and O–H groups in total. The number of nitrogens with one attached hydrogen (secondary N) is 1. The number of carboxylic acids is 1. The van der Waals surface area contributed by atoms with Crippen LogP contribution in [0.3, 0.4) is 0 Å². The van der Waals surface area contributed by atoms with Crippen LogP contribution in [0.25, 0.3) is 0 Å². The zero-order valence-corrected chi connectivity index (χ0v) is 10.5. The number of aliphatic carboxylic acids is 1. The van der Waals surface area contributed by atoms with Crippen LogP contribution in [-0.2, 0) is 17.8 Å². The number of halogens is 3. The Morgan fingerprint density at radius 1 is 1.32 bits per heavy atom. The predicted octanol–water partition coefficient (Wildman–Crippen LogP) is 2.60. The average molecular weight is 275 g/mol. The van der Waals surface area contributed by atoms with E-state index in [1.54, 1.807) is 6.07 Å². The van der Waals surface area contributed by atoms with Gasteiger partial charge in [0.1, 0.15) is 0 Å². The Balaban J connectivity index is 2.60. The van der Waals surface area contributed by atoms with Crippen molar-refractivity contribution in [3.8, 4) is 0 Å². The number of rotatable bonds is 6. The zero-order chi connectivity index (χ0) is 14.5. The minimum absolute atomic E-state index is 0.226. The van der Waals surface area contributed by atoms with Crippen LogP contribution in [0.4, 0.5) is 13.2 Å². The summed E-state index contributed by atoms with van der Waals surface area (Å²) in [7, 11) is 0. The fraction of sp³-hybridized carbons (Fsp3) is 0.462. The number of carboxylic acid groups (broad SMARTS) is 1. The summed E-state index contributed by atoms with van der Waals surface area (Å²) in [4.78, 5) is 10.6. The third-order valence-corrected chi connectivity index (χ3v) is 2.86. The van der Waals surface area contributed by atoms with Gasteiger partial charge in [0.2, 0.25) is 0 Å². The number of aryl methyl sites for hydroxylation is 1. The Bertz CT molecular complexity index is 432. The molecule has 6 heteroatoms. The predicted molar refractivity (Wildman–Crippen MR) is 64.7 cm³/mol. The van der Waals surface area contributed by atoms with Crippen LogP contribution < -0.4 is 5.32 Å². The van der Waals surface area contributed by atoms with Gasteiger partial charge in [-0.25, -0.2) is 0 Å². The first-order valence-electron chi connectivity index (χ1n) is 5.93. The van der Waals surface area contributed by atoms with Crippen molar-refractivity contribution in [2.24, 2.45) is 5.92 Å². The molecular formula is C13H16F3NO2. The third kappa shape index (κ3) is 4.55. The fourth-order valence-corrected chi connectivity index (χ4v) is 1.77. The Labute approximate surface area is 109 Å². The summed E-state index contributed by atoms with van der Waals surface area (Å²) in [5.41, 5.74) is 1.92. The van der Waals surface area contributed by atoms with Crippen molar-refractivity contribution < 1.29 is 23.1 Å². The lowest BCUT2D eigenvalue weighted by Crippen LogP contribution is -2.38. The average Bonchev–Trinajstić information content (AvgIpc) is 2.33. The van der Waals surface area contributed by atoms with Crippen molar-refractivity contribution in [2.45, 2.75) is 26.1 Å². The molecule has 0 aliphatic rings. The van der Waals surface area contributed by atoms with Crippen LogP contribution in [-0.4, -0.2) is 23.8 Å². The van der Waals surface area contributed by atoms with E-state index in [4.69, 9.17) is 5.11 Å². The van der Waals surface area contributed by atoms with E-state index < -0.39 is 24.6 Å². The summed E-state index contributed by atoms with van der Waals surface area (Å²) in [6.07, 6.45) is -3.96. The highest BCUT2D eigenvalue weighted by molar-refractivity contribution is 5.71. The van der Waals surface area contributed by atoms with E-state index >= 15 is 0 Å². The lowest BCUT2D eigenvalue weighted by atomic mass is 10.0. The molecule has 1 unspecified atom stereocenters. The van der Waals surface area contributed by atoms with Crippen LogP contribution in [0.5, 0.6) is 0 Å². The monoisotopic (exact) mass is 275 g/mol. The van der Waals surface area contributed by atoms with E-state index in [0.29, 0.717) is 0 Å². The van der Waals surface area contributed by atoms with Gasteiger partial charge in [0.05, 0.1) is 0 Å². The van der Waals surface area contributed by atoms with Crippen molar-refractivity contribution in [2.75, 3.05) is 6.54 Å². The van der Waals surface area contributed by atoms with E-state index in [9.17, 15) is 18.0 Å². The second kappa shape index (κ2) is 6.56. The number of hydrogen-bond acceptors (Lipinski definition) is 2. The van der Waals surface area contributed by atoms with Gasteiger partial charge in [-0.15, -0.1) is 0 Å². The molecule has 1 rings (SSSR count). The maximum Gasteiger partial charge on any atom is 0.403 e. The summed E-state index contributed by atoms with van der Waals surface area (Å²) in [6, 6.07) is 7.37. The fourth-order valence-electron chi connectivity index (χ4n) is 1.77. The molecule has 0 spiro atoms. The molecule has 19 heavy (non-hydrogen) atoms. The molecule has 0 aromatic heterocycles. The summed E-state index contributed by atoms with van der Waals surface area (Å²) in [5, 5.41) is 11.1. The quantitative estimate of drug-likeness (QED) is 0.839. The molecule has 0 heterocycles. The maximum atomic E-state index is 12.4. The minimum Gasteiger partial charge on any atom is -0.481 e. The molecule has 0 saturated heterocycles. The third-order valence-electron chi connectivity index (χ3n) is 2.86. The Hall–Kier alpha value is -1.56. The first kappa shape index (κ1) is 15.5. The zero-order valence-electron chi connectivity index (χ0n) is 10.5. The van der Waals surface area contributed by atoms with Gasteiger partial charge in [-0.05, 0) is 17.5 Å². The molecule has 1 atom stereocenters. The normalized spacial score (nSPS) is 13.3. The first-order valence-corrected chi connectivity index (χ1v) is 5.93. The highest BCUT2D eigenvalue weighted by Crippen LogP contribution is 2.26. The second-order valence-corrected chi connectivity index (χ2v) is 4.19. The molecule has 0 radical (unpaired) electrons. The lowest BCUT2D eigenvalue weighted by Gasteiger charge is -2.17. The van der Waals surface area contributed by atoms with Crippen molar-refractivity contribution in [3.63, 3.8) is 0 Å². The Morgan fingerprint density at radius 2 is 1.89 bits per heavy atom. The first-order chi connectivity index (χ1) is 8.86. The molecule has 3 nitrogen and oxygen atoms in total. The molecular weight excluding hydrogens is 259 g/mol. The Morgan fingerprint density at radius 3 is 2.37 bits per heavy atom. The van der Waals surface area contributed by atoms with Crippen molar-refractivity contribution in [3.05, 3.63) is 35.4 Å². The maximum absolute atomic E-state index is 12.4. The van der Waals surface area contributed by atoms with Gasteiger partial charge < -0.3 is 10.4 Å². The van der Waals surface area contributed by atoms with E-state index in [1.165, 1.54) is 0 Å². The second-order valence-electron chi connectivity index (χ2n) is 4.19. The molecule has 106 valence electrons. The molecule has 0 aliphatic carbocycles. The van der Waals surface area contributed by atoms with Crippen molar-refractivity contribution in [1.29, 1.82) is 0 Å². The molecule has 0 amide bonds. The number of hydrogen-bond donors (Lipinski definition) is 2. The molecule has 0 aliphatic heterocycles. The van der Waals surface area contributed by atoms with Gasteiger partial charge in [-0.1, -0.05) is 31.2 Å². The highest BCUT2D eigenvalue weighted by atomic mass is 19.4. The van der Waals surface area contributed by atoms with Crippen LogP contribution in [0, 0.1) is 5.92 Å². The van der Waals surface area contributed by atoms with Gasteiger partial charge >= 0.3 is 12.1 Å². The molecule has 1 aromatic carbocycles. The summed E-state index contributed by atoms with van der Waals surface area (Å²) >= 11 is 0. The van der Waals surface area contributed by atoms with Gasteiger partial charge in [0, 0.05) is 13.1 Å². The molecule has 0 saturated carbocycles. The van der Waals surface area contributed by atoms with Crippen LogP contribution in [0.15, 0.2) is 24.3 Å². The van der Waals surface area contributed by atoms with Gasteiger partial charge in [0.25, 0.3) is 0 Å². The van der Waals surface area contributed by atoms with Crippen molar-refractivity contribution >= 4 is 5.97 Å². The molecule has 0 bridgehead atoms. The lowest BCUT2D eigenvalue weighted by molar-refractivity contribution is -0.192. The standard InChI is InChI=1S/C13H16F3NO2/c1-2-9-5-3-4-6-10(9)7-17-8-11(12(18)19)13(14,15)16/h3-6,11,17H,2,7-8H2,1H3,(H,18,19). The van der Waals surface area contributed by atoms with Crippen molar-refractivity contribution in [1.82, 2.24) is 5.32 Å². The Kier molecular flexibility index (Phi) is 5.35. The topological polar surface area (TPSA) is 49.3 Å². The van der Waals surface area contributed by atoms with E-state index in [1.807, 2.05) is 25.1 Å². The van der Waals surface area contributed by atoms with Gasteiger partial charge in [-0.2, -0.15) is 13.2 Å². The largest absolute Gasteiger partial charge is 0.481 e. The van der Waals surface area contributed by atoms with E-state index in [2.05, 4.69) is 5.32 Å². The molecule has 0 fully saturated rings. The van der Waals surface area contributed by atoms with Crippen LogP contribution in [0.1, 0.15) is 18.1 Å². The highest BCUT2D eigenvalue weighted by Gasteiger charge is 2.44. The van der Waals surface area contributed by atoms with E-state index in [0.717, 1.165) is 17.5 Å². The number of carbonyl (C=O) groups is 1. The van der Waals surface area contributed by atoms with Crippen LogP contribution in [0.2, 0.25) is 0 Å². The summed E-state index contributed by atoms with van der Waals surface area (Å²) in [5.74, 6) is -4.23. The van der Waals surface area contributed by atoms with E-state index in [-0.39, 0.29) is 6.54 Å².